The smallest absolute Gasteiger partial charge is 0.355 e. The molecule has 1 aromatic rings. The van der Waals surface area contributed by atoms with Crippen LogP contribution in [0.1, 0.15) is 10.4 Å². The predicted molar refractivity (Wildman–Crippen MR) is 69.8 cm³/mol. The van der Waals surface area contributed by atoms with Gasteiger partial charge in [-0.1, -0.05) is 11.6 Å². The Hall–Kier alpha value is -1.39. The van der Waals surface area contributed by atoms with Crippen molar-refractivity contribution in [3.05, 3.63) is 22.8 Å². The molecule has 0 saturated heterocycles. The molecule has 1 aromatic heterocycles. The molecule has 1 rings (SSSR count). The SMILES string of the molecule is CN(C)C.O=Cc1ccc(OS(=O)(=O)C(F)(F)F)nc1Cl. The Labute approximate surface area is 124 Å². The van der Waals surface area contributed by atoms with Gasteiger partial charge in [0, 0.05) is 6.07 Å². The first kappa shape index (κ1) is 19.6. The number of aldehydes is 1. The zero-order valence-electron chi connectivity index (χ0n) is 11.2. The largest absolute Gasteiger partial charge is 0.534 e. The first-order chi connectivity index (χ1) is 9.40. The maximum atomic E-state index is 11.9. The van der Waals surface area contributed by atoms with Gasteiger partial charge in [0.15, 0.2) is 6.29 Å². The van der Waals surface area contributed by atoms with Crippen molar-refractivity contribution in [2.24, 2.45) is 0 Å². The average Bonchev–Trinajstić information content (AvgIpc) is 2.26. The van der Waals surface area contributed by atoms with Gasteiger partial charge >= 0.3 is 15.6 Å². The molecule has 0 unspecified atom stereocenters. The van der Waals surface area contributed by atoms with Crippen molar-refractivity contribution in [2.75, 3.05) is 21.1 Å². The zero-order chi connectivity index (χ0) is 16.8. The lowest BCUT2D eigenvalue weighted by Crippen LogP contribution is -2.28. The number of rotatable bonds is 3. The Morgan fingerprint density at radius 3 is 2.10 bits per heavy atom. The summed E-state index contributed by atoms with van der Waals surface area (Å²) in [5.41, 5.74) is -5.67. The molecule has 0 aliphatic heterocycles. The molecule has 0 bridgehead atoms. The van der Waals surface area contributed by atoms with E-state index < -0.39 is 26.7 Å². The molecule has 120 valence electrons. The van der Waals surface area contributed by atoms with E-state index in [1.54, 1.807) is 0 Å². The van der Waals surface area contributed by atoms with Gasteiger partial charge in [0.05, 0.1) is 5.56 Å². The fraction of sp³-hybridized carbons (Fsp3) is 0.400. The summed E-state index contributed by atoms with van der Waals surface area (Å²) in [6, 6.07) is 1.75. The molecular weight excluding hydrogens is 337 g/mol. The number of pyridine rings is 1. The summed E-state index contributed by atoms with van der Waals surface area (Å²) in [5, 5.41) is -0.463. The summed E-state index contributed by atoms with van der Waals surface area (Å²) in [7, 11) is 0.203. The van der Waals surface area contributed by atoms with E-state index in [2.05, 4.69) is 9.17 Å². The van der Waals surface area contributed by atoms with Crippen LogP contribution >= 0.6 is 11.6 Å². The minimum atomic E-state index is -5.80. The van der Waals surface area contributed by atoms with Crippen LogP contribution in [0.4, 0.5) is 13.2 Å². The molecule has 0 amide bonds. The van der Waals surface area contributed by atoms with Gasteiger partial charge in [-0.05, 0) is 27.2 Å². The number of hydrogen-bond donors (Lipinski definition) is 0. The molecule has 6 nitrogen and oxygen atoms in total. The Morgan fingerprint density at radius 2 is 1.76 bits per heavy atom. The first-order valence-electron chi connectivity index (χ1n) is 5.14. The quantitative estimate of drug-likeness (QED) is 0.360. The molecule has 0 aliphatic rings. The van der Waals surface area contributed by atoms with Crippen LogP contribution in [0.3, 0.4) is 0 Å². The fourth-order valence-electron chi connectivity index (χ4n) is 0.722. The van der Waals surface area contributed by atoms with Crippen LogP contribution < -0.4 is 4.18 Å². The van der Waals surface area contributed by atoms with Crippen LogP contribution in [0.15, 0.2) is 12.1 Å². The second-order valence-electron chi connectivity index (χ2n) is 3.97. The monoisotopic (exact) mass is 348 g/mol. The van der Waals surface area contributed by atoms with Gasteiger partial charge in [0.1, 0.15) is 5.15 Å². The van der Waals surface area contributed by atoms with Crippen LogP contribution in [-0.2, 0) is 10.1 Å². The summed E-state index contributed by atoms with van der Waals surface area (Å²) >= 11 is 5.37. The van der Waals surface area contributed by atoms with E-state index in [0.717, 1.165) is 12.1 Å². The highest BCUT2D eigenvalue weighted by Crippen LogP contribution is 2.27. The molecule has 21 heavy (non-hydrogen) atoms. The number of aromatic nitrogens is 1. The van der Waals surface area contributed by atoms with E-state index in [9.17, 15) is 26.4 Å². The maximum absolute atomic E-state index is 11.9. The lowest BCUT2D eigenvalue weighted by atomic mass is 10.3. The Balaban J connectivity index is 0.000000885. The summed E-state index contributed by atoms with van der Waals surface area (Å²) in [4.78, 5) is 15.5. The summed E-state index contributed by atoms with van der Waals surface area (Å²) in [6.45, 7) is 0. The minimum Gasteiger partial charge on any atom is -0.355 e. The molecule has 0 aliphatic carbocycles. The number of halogens is 4. The van der Waals surface area contributed by atoms with E-state index >= 15 is 0 Å². The van der Waals surface area contributed by atoms with Crippen molar-refractivity contribution in [3.63, 3.8) is 0 Å². The molecule has 0 aromatic carbocycles. The molecule has 0 spiro atoms. The molecule has 0 atom stereocenters. The van der Waals surface area contributed by atoms with Gasteiger partial charge in [-0.25, -0.2) is 0 Å². The van der Waals surface area contributed by atoms with Crippen molar-refractivity contribution in [1.82, 2.24) is 9.88 Å². The molecular formula is C10H12ClF3N2O4S. The number of carbonyl (C=O) groups is 1. The average molecular weight is 349 g/mol. The van der Waals surface area contributed by atoms with Gasteiger partial charge in [-0.2, -0.15) is 26.6 Å². The lowest BCUT2D eigenvalue weighted by Gasteiger charge is -2.08. The topological polar surface area (TPSA) is 76.6 Å². The summed E-state index contributed by atoms with van der Waals surface area (Å²) in [5.74, 6) is -0.877. The van der Waals surface area contributed by atoms with E-state index in [-0.39, 0.29) is 5.56 Å². The maximum Gasteiger partial charge on any atom is 0.534 e. The van der Waals surface area contributed by atoms with Crippen LogP contribution in [0, 0.1) is 0 Å². The molecule has 1 heterocycles. The standard InChI is InChI=1S/C7H3ClF3NO4S.C3H9N/c8-6-4(3-13)1-2-5(12-6)16-17(14,15)7(9,10)11;1-4(2)3/h1-3H;1-3H3. The van der Waals surface area contributed by atoms with Crippen molar-refractivity contribution in [3.8, 4) is 5.88 Å². The van der Waals surface area contributed by atoms with Crippen molar-refractivity contribution in [2.45, 2.75) is 5.51 Å². The van der Waals surface area contributed by atoms with E-state index in [0.29, 0.717) is 6.29 Å². The van der Waals surface area contributed by atoms with Gasteiger partial charge < -0.3 is 9.08 Å². The number of alkyl halides is 3. The zero-order valence-corrected chi connectivity index (χ0v) is 12.8. The first-order valence-corrected chi connectivity index (χ1v) is 6.92. The molecule has 0 radical (unpaired) electrons. The lowest BCUT2D eigenvalue weighted by molar-refractivity contribution is -0.0501. The van der Waals surface area contributed by atoms with Crippen molar-refractivity contribution < 1.29 is 30.6 Å². The van der Waals surface area contributed by atoms with E-state index in [1.165, 1.54) is 0 Å². The van der Waals surface area contributed by atoms with Crippen molar-refractivity contribution in [1.29, 1.82) is 0 Å². The highest BCUT2D eigenvalue weighted by atomic mass is 35.5. The van der Waals surface area contributed by atoms with Crippen LogP contribution in [0.2, 0.25) is 5.15 Å². The highest BCUT2D eigenvalue weighted by Gasteiger charge is 2.48. The number of carbonyl (C=O) groups excluding carboxylic acids is 1. The second-order valence-corrected chi connectivity index (χ2v) is 5.87. The van der Waals surface area contributed by atoms with Gasteiger partial charge in [-0.15, -0.1) is 0 Å². The molecule has 0 saturated carbocycles. The van der Waals surface area contributed by atoms with E-state index in [4.69, 9.17) is 11.6 Å². The van der Waals surface area contributed by atoms with Crippen LogP contribution in [0.25, 0.3) is 0 Å². The van der Waals surface area contributed by atoms with Crippen LogP contribution in [-0.4, -0.2) is 51.2 Å². The Bertz CT molecular complexity index is 588. The minimum absolute atomic E-state index is 0.108. The second kappa shape index (κ2) is 7.57. The molecule has 11 heteroatoms. The van der Waals surface area contributed by atoms with Gasteiger partial charge in [0.2, 0.25) is 5.88 Å². The van der Waals surface area contributed by atoms with E-state index in [1.807, 2.05) is 26.0 Å². The Morgan fingerprint density at radius 1 is 1.29 bits per heavy atom. The van der Waals surface area contributed by atoms with Crippen LogP contribution in [0.5, 0.6) is 5.88 Å². The third-order valence-electron chi connectivity index (χ3n) is 1.46. The highest BCUT2D eigenvalue weighted by molar-refractivity contribution is 7.87. The van der Waals surface area contributed by atoms with Gasteiger partial charge in [-0.3, -0.25) is 4.79 Å². The fourth-order valence-corrected chi connectivity index (χ4v) is 1.33. The summed E-state index contributed by atoms with van der Waals surface area (Å²) in [6.07, 6.45) is 0.303. The third-order valence-corrected chi connectivity index (χ3v) is 2.72. The third kappa shape index (κ3) is 6.74. The Kier molecular flexibility index (Phi) is 7.07. The summed E-state index contributed by atoms with van der Waals surface area (Å²) < 4.78 is 60.7. The van der Waals surface area contributed by atoms with Gasteiger partial charge in [0.25, 0.3) is 0 Å². The normalized spacial score (nSPS) is 11.6. The molecule has 0 fully saturated rings. The van der Waals surface area contributed by atoms with Crippen molar-refractivity contribution >= 4 is 28.0 Å². The predicted octanol–water partition coefficient (Wildman–Crippen LogP) is 1.95. The molecule has 0 N–H and O–H groups in total. The number of hydrogen-bond acceptors (Lipinski definition) is 6. The number of nitrogens with zero attached hydrogens (tertiary/aromatic N) is 2.